The Kier molecular flexibility index (Phi) is 7.66. The number of carbonyl (C=O) groups excluding carboxylic acids is 1. The number of aliphatic hydroxyl groups is 1. The number of sulfonamides is 1. The molecule has 0 unspecified atom stereocenters. The number of nitrogens with zero attached hydrogens (tertiary/aromatic N) is 2. The van der Waals surface area contributed by atoms with Gasteiger partial charge in [-0.15, -0.1) is 0 Å². The zero-order valence-corrected chi connectivity index (χ0v) is 19.3. The van der Waals surface area contributed by atoms with Gasteiger partial charge in [-0.05, 0) is 24.3 Å². The van der Waals surface area contributed by atoms with Crippen LogP contribution in [-0.4, -0.2) is 41.7 Å². The van der Waals surface area contributed by atoms with E-state index in [9.17, 15) is 18.3 Å². The van der Waals surface area contributed by atoms with Crippen LogP contribution in [0.25, 0.3) is 5.76 Å². The molecule has 0 radical (unpaired) electrons. The fourth-order valence-corrected chi connectivity index (χ4v) is 5.57. The van der Waals surface area contributed by atoms with Crippen molar-refractivity contribution in [3.05, 3.63) is 47.4 Å². The predicted molar refractivity (Wildman–Crippen MR) is 121 cm³/mol. The minimum absolute atomic E-state index is 0.0537. The summed E-state index contributed by atoms with van der Waals surface area (Å²) < 4.78 is 31.5. The number of hydrogen-bond acceptors (Lipinski definition) is 7. The first-order valence-corrected chi connectivity index (χ1v) is 12.8. The van der Waals surface area contributed by atoms with E-state index in [-0.39, 0.29) is 22.0 Å². The molecule has 10 heteroatoms. The second kappa shape index (κ2) is 10.2. The monoisotopic (exact) mass is 465 g/mol. The van der Waals surface area contributed by atoms with Crippen LogP contribution >= 0.6 is 11.8 Å². The van der Waals surface area contributed by atoms with Gasteiger partial charge in [0.05, 0.1) is 10.6 Å². The van der Waals surface area contributed by atoms with Gasteiger partial charge in [-0.25, -0.2) is 8.42 Å². The molecule has 0 fully saturated rings. The fourth-order valence-electron chi connectivity index (χ4n) is 3.28. The summed E-state index contributed by atoms with van der Waals surface area (Å²) in [6.07, 6.45) is 6.12. The van der Waals surface area contributed by atoms with Crippen LogP contribution in [0.1, 0.15) is 50.4 Å². The maximum absolute atomic E-state index is 12.8. The highest BCUT2D eigenvalue weighted by molar-refractivity contribution is 7.98. The van der Waals surface area contributed by atoms with E-state index in [4.69, 9.17) is 4.52 Å². The normalized spacial score (nSPS) is 15.1. The Morgan fingerprint density at radius 3 is 2.74 bits per heavy atom. The highest BCUT2D eigenvalue weighted by Crippen LogP contribution is 2.34. The Labute approximate surface area is 186 Å². The van der Waals surface area contributed by atoms with Crippen molar-refractivity contribution in [2.45, 2.75) is 49.7 Å². The minimum atomic E-state index is -3.95. The van der Waals surface area contributed by atoms with E-state index in [1.807, 2.05) is 0 Å². The average Bonchev–Trinajstić information content (AvgIpc) is 3.19. The van der Waals surface area contributed by atoms with Crippen molar-refractivity contribution >= 4 is 39.3 Å². The summed E-state index contributed by atoms with van der Waals surface area (Å²) in [5, 5.41) is 16.9. The van der Waals surface area contributed by atoms with Crippen molar-refractivity contribution in [2.24, 2.45) is 0 Å². The van der Waals surface area contributed by atoms with Crippen molar-refractivity contribution in [3.63, 3.8) is 0 Å². The number of fused-ring (bicyclic) bond motifs is 1. The summed E-state index contributed by atoms with van der Waals surface area (Å²) in [6, 6.07) is 7.60. The van der Waals surface area contributed by atoms with Crippen LogP contribution in [-0.2, 0) is 20.6 Å². The Bertz CT molecular complexity index is 1060. The van der Waals surface area contributed by atoms with E-state index in [0.29, 0.717) is 11.5 Å². The van der Waals surface area contributed by atoms with Crippen LogP contribution < -0.4 is 5.32 Å². The van der Waals surface area contributed by atoms with E-state index in [1.54, 1.807) is 30.0 Å². The van der Waals surface area contributed by atoms with Crippen molar-refractivity contribution in [1.82, 2.24) is 9.46 Å². The van der Waals surface area contributed by atoms with Gasteiger partial charge in [-0.2, -0.15) is 11.8 Å². The molecule has 1 amide bonds. The van der Waals surface area contributed by atoms with Crippen LogP contribution in [0.15, 0.2) is 45.4 Å². The molecule has 0 spiro atoms. The van der Waals surface area contributed by atoms with Gasteiger partial charge in [0.1, 0.15) is 5.76 Å². The number of anilines is 1. The number of aliphatic hydroxyl groups excluding tert-OH is 1. The molecule has 168 valence electrons. The van der Waals surface area contributed by atoms with Crippen molar-refractivity contribution in [2.75, 3.05) is 18.1 Å². The van der Waals surface area contributed by atoms with Gasteiger partial charge in [0.15, 0.2) is 17.3 Å². The average molecular weight is 466 g/mol. The summed E-state index contributed by atoms with van der Waals surface area (Å²) >= 11 is 1.73. The zero-order valence-electron chi connectivity index (χ0n) is 17.6. The van der Waals surface area contributed by atoms with Crippen molar-refractivity contribution in [1.29, 1.82) is 0 Å². The molecule has 0 saturated carbocycles. The Morgan fingerprint density at radius 1 is 1.23 bits per heavy atom. The van der Waals surface area contributed by atoms with Crippen LogP contribution in [0, 0.1) is 0 Å². The Balaban J connectivity index is 1.63. The smallest absolute Gasteiger partial charge is 0.278 e. The lowest BCUT2D eigenvalue weighted by atomic mass is 10.1. The van der Waals surface area contributed by atoms with Crippen LogP contribution in [0.2, 0.25) is 0 Å². The number of carbonyl (C=O) groups is 1. The fraction of sp³-hybridized carbons (Fsp3) is 0.429. The van der Waals surface area contributed by atoms with E-state index in [0.717, 1.165) is 16.5 Å². The lowest BCUT2D eigenvalue weighted by Crippen LogP contribution is -2.37. The van der Waals surface area contributed by atoms with Gasteiger partial charge >= 0.3 is 0 Å². The largest absolute Gasteiger partial charge is 0.505 e. The summed E-state index contributed by atoms with van der Waals surface area (Å²) in [7, 11) is -2.73. The molecule has 0 bridgehead atoms. The van der Waals surface area contributed by atoms with Crippen LogP contribution in [0.5, 0.6) is 0 Å². The maximum atomic E-state index is 12.8. The molecular weight excluding hydrogens is 438 g/mol. The third kappa shape index (κ3) is 5.24. The summed E-state index contributed by atoms with van der Waals surface area (Å²) in [6.45, 7) is 2.19. The molecule has 31 heavy (non-hydrogen) atoms. The first-order valence-electron chi connectivity index (χ1n) is 10.2. The van der Waals surface area contributed by atoms with Gasteiger partial charge in [0.2, 0.25) is 0 Å². The second-order valence-electron chi connectivity index (χ2n) is 7.27. The van der Waals surface area contributed by atoms with Gasteiger partial charge in [0, 0.05) is 18.7 Å². The number of aromatic nitrogens is 1. The molecule has 3 rings (SSSR count). The Morgan fingerprint density at radius 2 is 1.97 bits per heavy atom. The molecule has 2 aromatic rings. The quantitative estimate of drug-likeness (QED) is 0.501. The van der Waals surface area contributed by atoms with E-state index in [2.05, 4.69) is 17.4 Å². The van der Waals surface area contributed by atoms with Crippen molar-refractivity contribution < 1.29 is 22.8 Å². The highest BCUT2D eigenvalue weighted by atomic mass is 32.2. The number of hydrogen-bond donors (Lipinski definition) is 2. The molecule has 8 nitrogen and oxygen atoms in total. The number of nitrogens with one attached hydrogen (secondary N) is 1. The molecule has 2 heterocycles. The van der Waals surface area contributed by atoms with Gasteiger partial charge in [0.25, 0.3) is 15.9 Å². The third-order valence-electron chi connectivity index (χ3n) is 4.97. The number of amides is 1. The maximum Gasteiger partial charge on any atom is 0.278 e. The molecule has 1 aromatic carbocycles. The van der Waals surface area contributed by atoms with Gasteiger partial charge in [-0.3, -0.25) is 9.10 Å². The molecule has 0 saturated heterocycles. The van der Waals surface area contributed by atoms with Crippen molar-refractivity contribution in [3.8, 4) is 0 Å². The summed E-state index contributed by atoms with van der Waals surface area (Å²) in [5.41, 5.74) is -0.286. The van der Waals surface area contributed by atoms with Gasteiger partial charge in [-0.1, -0.05) is 49.9 Å². The molecule has 1 aromatic heterocycles. The first-order chi connectivity index (χ1) is 14.9. The van der Waals surface area contributed by atoms with Crippen LogP contribution in [0.4, 0.5) is 5.82 Å². The molecule has 0 aliphatic carbocycles. The predicted octanol–water partition coefficient (Wildman–Crippen LogP) is 4.38. The third-order valence-corrected chi connectivity index (χ3v) is 7.85. The molecular formula is C21H27N3O5S2. The SMILES string of the molecule is CCCCCCCSCc1cc(NC(=O)C2=C(O)c3ccccc3S(=O)(=O)N2C)no1. The van der Waals surface area contributed by atoms with E-state index >= 15 is 0 Å². The molecule has 0 atom stereocenters. The number of likely N-dealkylation sites (N-methyl/N-ethyl adjacent to an activating group) is 1. The van der Waals surface area contributed by atoms with Gasteiger partial charge < -0.3 is 14.9 Å². The number of rotatable bonds is 10. The van der Waals surface area contributed by atoms with E-state index < -0.39 is 21.7 Å². The number of benzene rings is 1. The number of unbranched alkanes of at least 4 members (excludes halogenated alkanes) is 4. The molecule has 2 N–H and O–H groups in total. The first kappa shape index (κ1) is 23.2. The standard InChI is InChI=1S/C21H27N3O5S2/c1-3-4-5-6-9-12-30-14-15-13-18(23-29-15)22-21(26)19-20(25)16-10-7-8-11-17(16)31(27,28)24(19)2/h7-8,10-11,13,25H,3-6,9,12,14H2,1-2H3,(H,22,23,26). The lowest BCUT2D eigenvalue weighted by molar-refractivity contribution is -0.113. The van der Waals surface area contributed by atoms with Crippen LogP contribution in [0.3, 0.4) is 0 Å². The lowest BCUT2D eigenvalue weighted by Gasteiger charge is -2.28. The zero-order chi connectivity index (χ0) is 22.4. The number of thioether (sulfide) groups is 1. The highest BCUT2D eigenvalue weighted by Gasteiger charge is 2.37. The minimum Gasteiger partial charge on any atom is -0.505 e. The molecule has 1 aliphatic heterocycles. The van der Waals surface area contributed by atoms with E-state index in [1.165, 1.54) is 44.9 Å². The molecule has 1 aliphatic rings. The Hall–Kier alpha value is -2.46. The topological polar surface area (TPSA) is 113 Å². The summed E-state index contributed by atoms with van der Waals surface area (Å²) in [4.78, 5) is 12.7. The second-order valence-corrected chi connectivity index (χ2v) is 10.3. The summed E-state index contributed by atoms with van der Waals surface area (Å²) in [5.74, 6) is 1.23.